The molecule has 4 nitrogen and oxygen atoms in total. The van der Waals surface area contributed by atoms with E-state index in [9.17, 15) is 0 Å². The van der Waals surface area contributed by atoms with Gasteiger partial charge in [0.2, 0.25) is 0 Å². The minimum Gasteiger partial charge on any atom is -0.351 e. The summed E-state index contributed by atoms with van der Waals surface area (Å²) in [6, 6.07) is 0.624. The summed E-state index contributed by atoms with van der Waals surface area (Å²) >= 11 is 3.54. The van der Waals surface area contributed by atoms with Crippen LogP contribution in [0.15, 0.2) is 10.8 Å². The Morgan fingerprint density at radius 2 is 2.27 bits per heavy atom. The second-order valence-electron chi connectivity index (χ2n) is 3.81. The van der Waals surface area contributed by atoms with E-state index in [-0.39, 0.29) is 0 Å². The van der Waals surface area contributed by atoms with Crippen LogP contribution in [0.2, 0.25) is 0 Å². The van der Waals surface area contributed by atoms with E-state index in [1.165, 1.54) is 12.8 Å². The summed E-state index contributed by atoms with van der Waals surface area (Å²) in [6.07, 6.45) is 4.10. The molecule has 0 saturated heterocycles. The number of aromatic nitrogens is 2. The minimum atomic E-state index is 0.624. The van der Waals surface area contributed by atoms with Gasteiger partial charge in [-0.2, -0.15) is 0 Å². The summed E-state index contributed by atoms with van der Waals surface area (Å²) in [5, 5.41) is 0. The monoisotopic (exact) mass is 270 g/mol. The number of nitrogens with zero attached hydrogens (tertiary/aromatic N) is 3. The van der Waals surface area contributed by atoms with E-state index in [4.69, 9.17) is 5.73 Å². The van der Waals surface area contributed by atoms with Gasteiger partial charge in [-0.25, -0.2) is 9.97 Å². The maximum atomic E-state index is 5.62. The minimum absolute atomic E-state index is 0.624. The van der Waals surface area contributed by atoms with Crippen molar-refractivity contribution in [1.82, 2.24) is 9.97 Å². The Morgan fingerprint density at radius 3 is 2.87 bits per heavy atom. The van der Waals surface area contributed by atoms with Crippen LogP contribution in [0.3, 0.4) is 0 Å². The van der Waals surface area contributed by atoms with E-state index in [0.717, 1.165) is 22.5 Å². The molecule has 0 amide bonds. The van der Waals surface area contributed by atoms with Crippen LogP contribution in [-0.4, -0.2) is 29.1 Å². The Balaban J connectivity index is 2.28. The third-order valence-electron chi connectivity index (χ3n) is 2.58. The molecule has 2 N–H and O–H groups in total. The van der Waals surface area contributed by atoms with Gasteiger partial charge in [0.05, 0.1) is 10.2 Å². The number of aryl methyl sites for hydroxylation is 1. The molecule has 15 heavy (non-hydrogen) atoms. The molecule has 0 bridgehead atoms. The smallest absolute Gasteiger partial charge is 0.146 e. The zero-order valence-corrected chi connectivity index (χ0v) is 10.4. The number of anilines is 1. The highest BCUT2D eigenvalue weighted by atomic mass is 79.9. The van der Waals surface area contributed by atoms with Crippen molar-refractivity contribution >= 4 is 21.7 Å². The average Bonchev–Trinajstić information content (AvgIpc) is 3.03. The fraction of sp³-hybridized carbons (Fsp3) is 0.600. The normalized spacial score (nSPS) is 15.4. The molecule has 1 aromatic heterocycles. The number of hydrogen-bond acceptors (Lipinski definition) is 4. The van der Waals surface area contributed by atoms with Crippen molar-refractivity contribution in [3.05, 3.63) is 16.5 Å². The lowest BCUT2D eigenvalue weighted by Crippen LogP contribution is -2.32. The van der Waals surface area contributed by atoms with Crippen molar-refractivity contribution in [1.29, 1.82) is 0 Å². The van der Waals surface area contributed by atoms with Gasteiger partial charge >= 0.3 is 0 Å². The molecule has 0 aliphatic heterocycles. The van der Waals surface area contributed by atoms with Gasteiger partial charge in [-0.15, -0.1) is 0 Å². The lowest BCUT2D eigenvalue weighted by molar-refractivity contribution is 0.764. The second kappa shape index (κ2) is 4.45. The summed E-state index contributed by atoms with van der Waals surface area (Å²) in [5.41, 5.74) is 6.59. The van der Waals surface area contributed by atoms with E-state index < -0.39 is 0 Å². The molecule has 1 heterocycles. The van der Waals surface area contributed by atoms with Crippen LogP contribution in [0.4, 0.5) is 5.82 Å². The molecule has 0 aromatic carbocycles. The van der Waals surface area contributed by atoms with Crippen LogP contribution in [0.25, 0.3) is 0 Å². The first-order chi connectivity index (χ1) is 7.24. The van der Waals surface area contributed by atoms with Crippen LogP contribution >= 0.6 is 15.9 Å². The molecule has 2 rings (SSSR count). The van der Waals surface area contributed by atoms with E-state index in [1.807, 2.05) is 6.92 Å². The van der Waals surface area contributed by atoms with Crippen LogP contribution in [0.5, 0.6) is 0 Å². The molecular weight excluding hydrogens is 256 g/mol. The largest absolute Gasteiger partial charge is 0.351 e. The van der Waals surface area contributed by atoms with Gasteiger partial charge in [-0.3, -0.25) is 0 Å². The SMILES string of the molecule is Cc1ncnc(N(CCN)C2CC2)c1Br. The molecule has 5 heteroatoms. The molecule has 0 atom stereocenters. The van der Waals surface area contributed by atoms with Gasteiger partial charge in [0.25, 0.3) is 0 Å². The molecule has 1 fully saturated rings. The molecule has 0 spiro atoms. The lowest BCUT2D eigenvalue weighted by Gasteiger charge is -2.23. The van der Waals surface area contributed by atoms with Crippen LogP contribution in [-0.2, 0) is 0 Å². The van der Waals surface area contributed by atoms with Gasteiger partial charge in [-0.1, -0.05) is 0 Å². The summed E-state index contributed by atoms with van der Waals surface area (Å²) in [6.45, 7) is 3.49. The number of halogens is 1. The van der Waals surface area contributed by atoms with E-state index in [0.29, 0.717) is 12.6 Å². The van der Waals surface area contributed by atoms with E-state index in [1.54, 1.807) is 6.33 Å². The number of rotatable bonds is 4. The van der Waals surface area contributed by atoms with E-state index >= 15 is 0 Å². The molecular formula is C10H15BrN4. The van der Waals surface area contributed by atoms with Gasteiger partial charge < -0.3 is 10.6 Å². The van der Waals surface area contributed by atoms with Crippen molar-refractivity contribution in [3.8, 4) is 0 Å². The number of hydrogen-bond donors (Lipinski definition) is 1. The van der Waals surface area contributed by atoms with Crippen LogP contribution < -0.4 is 10.6 Å². The third kappa shape index (κ3) is 2.29. The standard InChI is InChI=1S/C10H15BrN4/c1-7-9(11)10(14-6-13-7)15(5-4-12)8-2-3-8/h6,8H,2-5,12H2,1H3. The Kier molecular flexibility index (Phi) is 3.21. The van der Waals surface area contributed by atoms with Gasteiger partial charge in [0.1, 0.15) is 12.1 Å². The molecule has 0 unspecified atom stereocenters. The van der Waals surface area contributed by atoms with Crippen molar-refractivity contribution in [2.75, 3.05) is 18.0 Å². The highest BCUT2D eigenvalue weighted by molar-refractivity contribution is 9.10. The predicted octanol–water partition coefficient (Wildman–Crippen LogP) is 1.48. The van der Waals surface area contributed by atoms with Crippen molar-refractivity contribution < 1.29 is 0 Å². The Hall–Kier alpha value is -0.680. The van der Waals surface area contributed by atoms with Crippen LogP contribution in [0.1, 0.15) is 18.5 Å². The highest BCUT2D eigenvalue weighted by Gasteiger charge is 2.30. The molecule has 1 aliphatic carbocycles. The Labute approximate surface area is 98.0 Å². The molecule has 1 saturated carbocycles. The Bertz CT molecular complexity index is 351. The summed E-state index contributed by atoms with van der Waals surface area (Å²) in [4.78, 5) is 10.8. The molecule has 1 aliphatic rings. The summed E-state index contributed by atoms with van der Waals surface area (Å²) in [7, 11) is 0. The van der Waals surface area contributed by atoms with Crippen molar-refractivity contribution in [2.45, 2.75) is 25.8 Å². The molecule has 1 aromatic rings. The first-order valence-corrected chi connectivity index (χ1v) is 5.97. The summed E-state index contributed by atoms with van der Waals surface area (Å²) < 4.78 is 0.991. The topological polar surface area (TPSA) is 55.0 Å². The Morgan fingerprint density at radius 1 is 1.53 bits per heavy atom. The van der Waals surface area contributed by atoms with Gasteiger partial charge in [-0.05, 0) is 35.7 Å². The zero-order valence-electron chi connectivity index (χ0n) is 8.78. The summed E-state index contributed by atoms with van der Waals surface area (Å²) in [5.74, 6) is 0.982. The number of nitrogens with two attached hydrogens (primary N) is 1. The second-order valence-corrected chi connectivity index (χ2v) is 4.60. The fourth-order valence-corrected chi connectivity index (χ4v) is 2.06. The zero-order chi connectivity index (χ0) is 10.8. The maximum absolute atomic E-state index is 5.62. The quantitative estimate of drug-likeness (QED) is 0.901. The van der Waals surface area contributed by atoms with Gasteiger partial charge in [0.15, 0.2) is 0 Å². The van der Waals surface area contributed by atoms with Gasteiger partial charge in [0, 0.05) is 19.1 Å². The van der Waals surface area contributed by atoms with Crippen LogP contribution in [0, 0.1) is 6.92 Å². The lowest BCUT2D eigenvalue weighted by atomic mass is 10.3. The maximum Gasteiger partial charge on any atom is 0.146 e. The van der Waals surface area contributed by atoms with Crippen molar-refractivity contribution in [3.63, 3.8) is 0 Å². The first-order valence-electron chi connectivity index (χ1n) is 5.18. The molecule has 82 valence electrons. The average molecular weight is 271 g/mol. The van der Waals surface area contributed by atoms with Crippen molar-refractivity contribution in [2.24, 2.45) is 5.73 Å². The fourth-order valence-electron chi connectivity index (χ4n) is 1.63. The molecule has 0 radical (unpaired) electrons. The third-order valence-corrected chi connectivity index (χ3v) is 3.50. The first kappa shape index (κ1) is 10.8. The van der Waals surface area contributed by atoms with E-state index in [2.05, 4.69) is 30.8 Å². The highest BCUT2D eigenvalue weighted by Crippen LogP contribution is 2.34. The predicted molar refractivity (Wildman–Crippen MR) is 63.9 cm³/mol.